The van der Waals surface area contributed by atoms with E-state index in [0.717, 1.165) is 16.7 Å². The number of likely N-dealkylation sites (tertiary alicyclic amines) is 1. The Morgan fingerprint density at radius 2 is 1.71 bits per heavy atom. The number of hydrogen-bond acceptors (Lipinski definition) is 7. The summed E-state index contributed by atoms with van der Waals surface area (Å²) in [4.78, 5) is 39.7. The van der Waals surface area contributed by atoms with Crippen molar-refractivity contribution in [3.05, 3.63) is 64.2 Å². The van der Waals surface area contributed by atoms with Crippen LogP contribution in [0.1, 0.15) is 58.6 Å². The van der Waals surface area contributed by atoms with Crippen molar-refractivity contribution in [3.63, 3.8) is 0 Å². The Kier molecular flexibility index (Phi) is 8.30. The van der Waals surface area contributed by atoms with E-state index in [4.69, 9.17) is 9.47 Å². The van der Waals surface area contributed by atoms with E-state index in [9.17, 15) is 19.5 Å². The number of piperidine rings is 1. The monoisotopic (exact) mass is 482 g/mol. The summed E-state index contributed by atoms with van der Waals surface area (Å²) in [5.41, 5.74) is 2.68. The highest BCUT2D eigenvalue weighted by molar-refractivity contribution is 6.32. The molecular formula is C27H34N2O6. The minimum Gasteiger partial charge on any atom is -0.496 e. The lowest BCUT2D eigenvalue weighted by molar-refractivity contribution is -0.160. The molecule has 1 saturated heterocycles. The zero-order valence-electron chi connectivity index (χ0n) is 21.0. The number of benzene rings is 2. The normalized spacial score (nSPS) is 15.9. The smallest absolute Gasteiger partial charge is 0.397 e. The molecule has 188 valence electrons. The Bertz CT molecular complexity index is 1080. The lowest BCUT2D eigenvalue weighted by atomic mass is 9.79. The summed E-state index contributed by atoms with van der Waals surface area (Å²) in [6.07, 6.45) is -0.694. The second-order valence-electron chi connectivity index (χ2n) is 9.02. The number of amides is 1. The number of ketones is 1. The minimum absolute atomic E-state index is 0.112. The van der Waals surface area contributed by atoms with Gasteiger partial charge in [-0.15, -0.1) is 0 Å². The van der Waals surface area contributed by atoms with Gasteiger partial charge < -0.3 is 19.5 Å². The minimum atomic E-state index is -1.15. The van der Waals surface area contributed by atoms with E-state index in [1.807, 2.05) is 45.0 Å². The van der Waals surface area contributed by atoms with Gasteiger partial charge in [-0.05, 0) is 64.3 Å². The molecule has 8 nitrogen and oxygen atoms in total. The van der Waals surface area contributed by atoms with Gasteiger partial charge in [-0.1, -0.05) is 29.3 Å². The molecule has 0 bridgehead atoms. The maximum atomic E-state index is 13.9. The van der Waals surface area contributed by atoms with Gasteiger partial charge in [-0.3, -0.25) is 14.9 Å². The van der Waals surface area contributed by atoms with Crippen LogP contribution in [-0.2, 0) is 14.3 Å². The standard InChI is InChI=1S/C27H34N2O6/c1-6-35-26(33)25(32)29-12-10-27(11-13-29,23(30)20-15-17(2)14-18(3)16-20)28-24(31)21-8-7-9-22(34-5)19(21)4/h7-9,14-16,24,28,31H,6,10-13H2,1-5H3. The van der Waals surface area contributed by atoms with Crippen LogP contribution >= 0.6 is 0 Å². The van der Waals surface area contributed by atoms with Gasteiger partial charge in [0, 0.05) is 24.2 Å². The number of nitrogens with one attached hydrogen (secondary N) is 1. The van der Waals surface area contributed by atoms with Gasteiger partial charge in [0.25, 0.3) is 0 Å². The number of hydrogen-bond donors (Lipinski definition) is 2. The van der Waals surface area contributed by atoms with Crippen molar-refractivity contribution >= 4 is 17.7 Å². The predicted molar refractivity (Wildman–Crippen MR) is 131 cm³/mol. The number of esters is 1. The molecule has 0 radical (unpaired) electrons. The Balaban J connectivity index is 1.93. The predicted octanol–water partition coefficient (Wildman–Crippen LogP) is 3.01. The van der Waals surface area contributed by atoms with E-state index >= 15 is 0 Å². The largest absolute Gasteiger partial charge is 0.496 e. The molecule has 2 aromatic rings. The summed E-state index contributed by atoms with van der Waals surface area (Å²) in [5, 5.41) is 14.4. The molecule has 1 fully saturated rings. The average molecular weight is 483 g/mol. The van der Waals surface area contributed by atoms with Crippen LogP contribution in [0, 0.1) is 20.8 Å². The quantitative estimate of drug-likeness (QED) is 0.271. The number of aryl methyl sites for hydroxylation is 2. The van der Waals surface area contributed by atoms with Crippen LogP contribution in [0.25, 0.3) is 0 Å². The lowest BCUT2D eigenvalue weighted by Gasteiger charge is -2.42. The van der Waals surface area contributed by atoms with Crippen molar-refractivity contribution in [2.45, 2.75) is 52.3 Å². The average Bonchev–Trinajstić information content (AvgIpc) is 2.83. The summed E-state index contributed by atoms with van der Waals surface area (Å²) in [5.74, 6) is -1.15. The summed E-state index contributed by atoms with van der Waals surface area (Å²) in [6, 6.07) is 11.0. The first kappa shape index (κ1) is 26.4. The third-order valence-corrected chi connectivity index (χ3v) is 6.53. The SMILES string of the molecule is CCOC(=O)C(=O)N1CCC(NC(O)c2cccc(OC)c2C)(C(=O)c2cc(C)cc(C)c2)CC1. The van der Waals surface area contributed by atoms with Crippen molar-refractivity contribution in [1.82, 2.24) is 10.2 Å². The molecule has 0 saturated carbocycles. The second-order valence-corrected chi connectivity index (χ2v) is 9.02. The van der Waals surface area contributed by atoms with Crippen LogP contribution < -0.4 is 10.1 Å². The van der Waals surface area contributed by atoms with Crippen molar-refractivity contribution in [3.8, 4) is 5.75 Å². The number of carbonyl (C=O) groups is 3. The Morgan fingerprint density at radius 1 is 1.09 bits per heavy atom. The van der Waals surface area contributed by atoms with E-state index < -0.39 is 23.6 Å². The van der Waals surface area contributed by atoms with Gasteiger partial charge in [0.2, 0.25) is 0 Å². The van der Waals surface area contributed by atoms with Crippen LogP contribution in [0.15, 0.2) is 36.4 Å². The number of aliphatic hydroxyl groups excluding tert-OH is 1. The highest BCUT2D eigenvalue weighted by atomic mass is 16.5. The van der Waals surface area contributed by atoms with Gasteiger partial charge in [0.1, 0.15) is 12.0 Å². The van der Waals surface area contributed by atoms with Gasteiger partial charge in [-0.2, -0.15) is 0 Å². The topological polar surface area (TPSA) is 105 Å². The van der Waals surface area contributed by atoms with Gasteiger partial charge in [0.15, 0.2) is 5.78 Å². The molecule has 2 N–H and O–H groups in total. The van der Waals surface area contributed by atoms with E-state index in [0.29, 0.717) is 16.9 Å². The Hall–Kier alpha value is -3.23. The first-order chi connectivity index (χ1) is 16.6. The molecule has 1 aliphatic rings. The zero-order valence-corrected chi connectivity index (χ0v) is 21.0. The van der Waals surface area contributed by atoms with Crippen LogP contribution in [0.3, 0.4) is 0 Å². The summed E-state index contributed by atoms with van der Waals surface area (Å²) in [7, 11) is 1.56. The fraction of sp³-hybridized carbons (Fsp3) is 0.444. The first-order valence-electron chi connectivity index (χ1n) is 11.8. The lowest BCUT2D eigenvalue weighted by Crippen LogP contribution is -2.60. The van der Waals surface area contributed by atoms with Crippen molar-refractivity contribution in [1.29, 1.82) is 0 Å². The summed E-state index contributed by atoms with van der Waals surface area (Å²) in [6.45, 7) is 7.80. The highest BCUT2D eigenvalue weighted by Gasteiger charge is 2.45. The van der Waals surface area contributed by atoms with Gasteiger partial charge in [-0.25, -0.2) is 4.79 Å². The number of nitrogens with zero attached hydrogens (tertiary/aromatic N) is 1. The van der Waals surface area contributed by atoms with Crippen molar-refractivity contribution in [2.24, 2.45) is 0 Å². The van der Waals surface area contributed by atoms with E-state index in [1.54, 1.807) is 26.2 Å². The number of aliphatic hydroxyl groups is 1. The molecule has 1 heterocycles. The maximum Gasteiger partial charge on any atom is 0.397 e. The summed E-state index contributed by atoms with van der Waals surface area (Å²) < 4.78 is 10.2. The van der Waals surface area contributed by atoms with Crippen molar-refractivity contribution < 1.29 is 29.0 Å². The molecule has 1 atom stereocenters. The van der Waals surface area contributed by atoms with Crippen molar-refractivity contribution in [2.75, 3.05) is 26.8 Å². The zero-order chi connectivity index (χ0) is 25.8. The van der Waals surface area contributed by atoms with Crippen LogP contribution in [0.4, 0.5) is 0 Å². The number of Topliss-reactive ketones (excluding diaryl/α,β-unsaturated/α-hetero) is 1. The number of ether oxygens (including phenoxy) is 2. The molecule has 3 rings (SSSR count). The molecule has 1 amide bonds. The number of carbonyl (C=O) groups excluding carboxylic acids is 3. The van der Waals surface area contributed by atoms with Gasteiger partial charge in [0.05, 0.1) is 19.3 Å². The molecule has 2 aromatic carbocycles. The molecule has 35 heavy (non-hydrogen) atoms. The van der Waals surface area contributed by atoms with E-state index in [2.05, 4.69) is 5.32 Å². The van der Waals surface area contributed by atoms with Crippen LogP contribution in [0.5, 0.6) is 5.75 Å². The maximum absolute atomic E-state index is 13.9. The number of rotatable bonds is 7. The van der Waals surface area contributed by atoms with Crippen LogP contribution in [-0.4, -0.2) is 60.0 Å². The molecule has 0 aromatic heterocycles. The van der Waals surface area contributed by atoms with Gasteiger partial charge >= 0.3 is 11.9 Å². The molecule has 1 aliphatic heterocycles. The third kappa shape index (κ3) is 5.71. The molecule has 0 aliphatic carbocycles. The molecule has 1 unspecified atom stereocenters. The van der Waals surface area contributed by atoms with E-state index in [-0.39, 0.29) is 38.3 Å². The number of methoxy groups -OCH3 is 1. The molecule has 0 spiro atoms. The second kappa shape index (κ2) is 11.0. The molecule has 8 heteroatoms. The Morgan fingerprint density at radius 3 is 2.29 bits per heavy atom. The van der Waals surface area contributed by atoms with E-state index in [1.165, 1.54) is 4.90 Å². The summed E-state index contributed by atoms with van der Waals surface area (Å²) >= 11 is 0. The highest BCUT2D eigenvalue weighted by Crippen LogP contribution is 2.32. The van der Waals surface area contributed by atoms with Crippen LogP contribution in [0.2, 0.25) is 0 Å². The first-order valence-corrected chi connectivity index (χ1v) is 11.8. The molecular weight excluding hydrogens is 448 g/mol. The fourth-order valence-electron chi connectivity index (χ4n) is 4.72. The Labute approximate surface area is 206 Å². The fourth-order valence-corrected chi connectivity index (χ4v) is 4.72. The third-order valence-electron chi connectivity index (χ3n) is 6.53.